The van der Waals surface area contributed by atoms with Gasteiger partial charge in [0.2, 0.25) is 5.76 Å². The van der Waals surface area contributed by atoms with Gasteiger partial charge in [0.05, 0.1) is 7.11 Å². The minimum absolute atomic E-state index is 0.203. The topological polar surface area (TPSA) is 75.9 Å². The molecule has 4 rings (SSSR count). The Bertz CT molecular complexity index is 1040. The Labute approximate surface area is 185 Å². The maximum Gasteiger partial charge on any atom is 0.327 e. The lowest BCUT2D eigenvalue weighted by molar-refractivity contribution is -0.148. The molecule has 0 spiro atoms. The third-order valence-electron chi connectivity index (χ3n) is 5.37. The maximum atomic E-state index is 12.9. The van der Waals surface area contributed by atoms with Crippen LogP contribution in [0, 0.1) is 0 Å². The summed E-state index contributed by atoms with van der Waals surface area (Å²) in [5, 5.41) is 4.62. The molecular weight excluding hydrogens is 418 g/mol. The lowest BCUT2D eigenvalue weighted by atomic mass is 10.0. The van der Waals surface area contributed by atoms with Crippen LogP contribution in [0.3, 0.4) is 0 Å². The normalized spacial score (nSPS) is 15.5. The predicted octanol–water partition coefficient (Wildman–Crippen LogP) is 3.67. The lowest BCUT2D eigenvalue weighted by Gasteiger charge is -2.37. The first-order valence-electron chi connectivity index (χ1n) is 9.95. The highest BCUT2D eigenvalue weighted by Crippen LogP contribution is 2.26. The summed E-state index contributed by atoms with van der Waals surface area (Å²) in [6.45, 7) is 1.96. The molecule has 0 N–H and O–H groups in total. The summed E-state index contributed by atoms with van der Waals surface area (Å²) in [6.07, 6.45) is 0. The highest BCUT2D eigenvalue weighted by molar-refractivity contribution is 6.30. The van der Waals surface area contributed by atoms with E-state index in [-0.39, 0.29) is 17.6 Å². The summed E-state index contributed by atoms with van der Waals surface area (Å²) in [6, 6.07) is 17.8. The van der Waals surface area contributed by atoms with Gasteiger partial charge in [-0.15, -0.1) is 0 Å². The zero-order chi connectivity index (χ0) is 21.8. The molecule has 0 radical (unpaired) electrons. The first kappa shape index (κ1) is 21.1. The average molecular weight is 440 g/mol. The number of carbonyl (C=O) groups excluding carboxylic acids is 2. The van der Waals surface area contributed by atoms with Crippen LogP contribution >= 0.6 is 11.6 Å². The molecule has 0 aliphatic carbocycles. The summed E-state index contributed by atoms with van der Waals surface area (Å²) in [4.78, 5) is 29.1. The summed E-state index contributed by atoms with van der Waals surface area (Å²) in [5.41, 5.74) is 2.31. The van der Waals surface area contributed by atoms with Crippen molar-refractivity contribution in [2.24, 2.45) is 0 Å². The average Bonchev–Trinajstić information content (AvgIpc) is 3.31. The van der Waals surface area contributed by atoms with Gasteiger partial charge in [-0.1, -0.05) is 59.2 Å². The molecule has 0 saturated carbocycles. The number of rotatable bonds is 5. The molecule has 8 heteroatoms. The summed E-state index contributed by atoms with van der Waals surface area (Å²) in [7, 11) is 1.37. The van der Waals surface area contributed by atoms with Crippen LogP contribution in [-0.4, -0.2) is 60.1 Å². The smallest absolute Gasteiger partial charge is 0.327 e. The minimum atomic E-state index is -0.547. The van der Waals surface area contributed by atoms with Crippen LogP contribution < -0.4 is 0 Å². The largest absolute Gasteiger partial charge is 0.468 e. The molecule has 1 aliphatic heterocycles. The number of ether oxygens (including phenoxy) is 1. The van der Waals surface area contributed by atoms with Crippen LogP contribution in [0.25, 0.3) is 11.3 Å². The number of hydrogen-bond donors (Lipinski definition) is 0. The van der Waals surface area contributed by atoms with Crippen molar-refractivity contribution >= 4 is 23.5 Å². The fourth-order valence-corrected chi connectivity index (χ4v) is 3.84. The Kier molecular flexibility index (Phi) is 6.34. The molecule has 1 unspecified atom stereocenters. The number of hydrogen-bond acceptors (Lipinski definition) is 6. The van der Waals surface area contributed by atoms with E-state index in [4.69, 9.17) is 20.9 Å². The quantitative estimate of drug-likeness (QED) is 0.564. The number of nitrogens with zero attached hydrogens (tertiary/aromatic N) is 3. The second kappa shape index (κ2) is 9.32. The summed E-state index contributed by atoms with van der Waals surface area (Å²) < 4.78 is 10.3. The Morgan fingerprint density at radius 1 is 1.03 bits per heavy atom. The van der Waals surface area contributed by atoms with Crippen LogP contribution in [-0.2, 0) is 9.53 Å². The highest BCUT2D eigenvalue weighted by atomic mass is 35.5. The van der Waals surface area contributed by atoms with Crippen molar-refractivity contribution in [3.8, 4) is 11.3 Å². The van der Waals surface area contributed by atoms with E-state index in [0.717, 1.165) is 11.1 Å². The van der Waals surface area contributed by atoms with Gasteiger partial charge in [0.15, 0.2) is 0 Å². The van der Waals surface area contributed by atoms with E-state index in [1.54, 1.807) is 23.1 Å². The van der Waals surface area contributed by atoms with Crippen LogP contribution in [0.5, 0.6) is 0 Å². The first-order chi connectivity index (χ1) is 15.1. The molecule has 1 aliphatic rings. The fraction of sp³-hybridized carbons (Fsp3) is 0.261. The molecule has 3 aromatic rings. The van der Waals surface area contributed by atoms with Gasteiger partial charge in [-0.25, -0.2) is 4.79 Å². The van der Waals surface area contributed by atoms with Gasteiger partial charge in [0, 0.05) is 42.8 Å². The number of amides is 1. The lowest BCUT2D eigenvalue weighted by Crippen LogP contribution is -2.51. The second-order valence-corrected chi connectivity index (χ2v) is 7.68. The number of halogens is 1. The molecule has 1 fully saturated rings. The summed E-state index contributed by atoms with van der Waals surface area (Å²) in [5.74, 6) is -0.352. The van der Waals surface area contributed by atoms with Gasteiger partial charge in [0.1, 0.15) is 11.7 Å². The van der Waals surface area contributed by atoms with Crippen molar-refractivity contribution in [2.75, 3.05) is 33.3 Å². The number of methoxy groups -OCH3 is 1. The third kappa shape index (κ3) is 4.62. The number of esters is 1. The number of carbonyl (C=O) groups is 2. The number of aromatic nitrogens is 1. The van der Waals surface area contributed by atoms with Crippen molar-refractivity contribution in [3.63, 3.8) is 0 Å². The minimum Gasteiger partial charge on any atom is -0.468 e. The van der Waals surface area contributed by atoms with E-state index >= 15 is 0 Å². The first-order valence-corrected chi connectivity index (χ1v) is 10.3. The molecule has 1 amide bonds. The number of benzene rings is 2. The van der Waals surface area contributed by atoms with Crippen LogP contribution in [0.15, 0.2) is 65.2 Å². The van der Waals surface area contributed by atoms with Gasteiger partial charge in [0.25, 0.3) is 5.91 Å². The van der Waals surface area contributed by atoms with E-state index in [2.05, 4.69) is 5.16 Å². The third-order valence-corrected chi connectivity index (χ3v) is 5.62. The predicted molar refractivity (Wildman–Crippen MR) is 116 cm³/mol. The molecule has 31 heavy (non-hydrogen) atoms. The molecule has 2 heterocycles. The van der Waals surface area contributed by atoms with Crippen LogP contribution in [0.1, 0.15) is 22.2 Å². The van der Waals surface area contributed by atoms with Crippen molar-refractivity contribution < 1.29 is 18.8 Å². The Morgan fingerprint density at radius 2 is 1.71 bits per heavy atom. The van der Waals surface area contributed by atoms with Gasteiger partial charge in [-0.2, -0.15) is 0 Å². The van der Waals surface area contributed by atoms with E-state index in [1.165, 1.54) is 7.11 Å². The molecule has 7 nitrogen and oxygen atoms in total. The number of piperazine rings is 1. The van der Waals surface area contributed by atoms with E-state index in [1.807, 2.05) is 47.4 Å². The van der Waals surface area contributed by atoms with E-state index in [0.29, 0.717) is 36.9 Å². The van der Waals surface area contributed by atoms with Crippen molar-refractivity contribution in [2.45, 2.75) is 6.04 Å². The standard InChI is InChI=1S/C23H22ClN3O4/c1-30-23(29)21(17-7-9-18(24)10-8-17)26-11-13-27(14-12-26)22(28)20-15-19(25-31-20)16-5-3-2-4-6-16/h2-10,15,21H,11-14H2,1H3. The summed E-state index contributed by atoms with van der Waals surface area (Å²) >= 11 is 5.98. The molecule has 160 valence electrons. The maximum absolute atomic E-state index is 12.9. The molecule has 2 aromatic carbocycles. The Balaban J connectivity index is 1.43. The monoisotopic (exact) mass is 439 g/mol. The van der Waals surface area contributed by atoms with Gasteiger partial charge in [-0.3, -0.25) is 9.69 Å². The highest BCUT2D eigenvalue weighted by Gasteiger charge is 2.33. The molecular formula is C23H22ClN3O4. The van der Waals surface area contributed by atoms with Gasteiger partial charge in [-0.05, 0) is 17.7 Å². The Hall–Kier alpha value is -3.16. The van der Waals surface area contributed by atoms with Gasteiger partial charge >= 0.3 is 5.97 Å². The van der Waals surface area contributed by atoms with Crippen LogP contribution in [0.2, 0.25) is 5.02 Å². The van der Waals surface area contributed by atoms with Crippen molar-refractivity contribution in [1.82, 2.24) is 15.0 Å². The molecule has 1 atom stereocenters. The molecule has 0 bridgehead atoms. The van der Waals surface area contributed by atoms with Crippen molar-refractivity contribution in [3.05, 3.63) is 77.0 Å². The SMILES string of the molecule is COC(=O)C(c1ccc(Cl)cc1)N1CCN(C(=O)c2cc(-c3ccccc3)no2)CC1. The van der Waals surface area contributed by atoms with Crippen LogP contribution in [0.4, 0.5) is 0 Å². The van der Waals surface area contributed by atoms with Crippen molar-refractivity contribution in [1.29, 1.82) is 0 Å². The Morgan fingerprint density at radius 3 is 2.35 bits per heavy atom. The zero-order valence-electron chi connectivity index (χ0n) is 17.0. The van der Waals surface area contributed by atoms with Gasteiger partial charge < -0.3 is 14.2 Å². The fourth-order valence-electron chi connectivity index (χ4n) is 3.71. The van der Waals surface area contributed by atoms with E-state index < -0.39 is 6.04 Å². The molecule has 1 saturated heterocycles. The van der Waals surface area contributed by atoms with E-state index in [9.17, 15) is 9.59 Å². The zero-order valence-corrected chi connectivity index (χ0v) is 17.8. The second-order valence-electron chi connectivity index (χ2n) is 7.25. The molecule has 1 aromatic heterocycles.